The summed E-state index contributed by atoms with van der Waals surface area (Å²) in [6, 6.07) is 13.7. The second-order valence-electron chi connectivity index (χ2n) is 4.79. The van der Waals surface area contributed by atoms with E-state index >= 15 is 0 Å². The van der Waals surface area contributed by atoms with Gasteiger partial charge in [0, 0.05) is 40.8 Å². The molecular formula is C15H16N2O2S. The fraction of sp³-hybridized carbons (Fsp3) is 0.267. The number of anilines is 1. The molecule has 1 saturated heterocycles. The van der Waals surface area contributed by atoms with E-state index in [0.29, 0.717) is 24.6 Å². The Balaban J connectivity index is 1.79. The van der Waals surface area contributed by atoms with Crippen molar-refractivity contribution in [2.45, 2.75) is 0 Å². The highest BCUT2D eigenvalue weighted by molar-refractivity contribution is 7.85. The maximum absolute atomic E-state index is 12.2. The van der Waals surface area contributed by atoms with Gasteiger partial charge in [0.1, 0.15) is 0 Å². The van der Waals surface area contributed by atoms with Crippen molar-refractivity contribution in [1.29, 1.82) is 0 Å². The molecule has 1 N–H and O–H groups in total. The van der Waals surface area contributed by atoms with Gasteiger partial charge in [-0.1, -0.05) is 36.4 Å². The van der Waals surface area contributed by atoms with Gasteiger partial charge in [-0.15, -0.1) is 0 Å². The number of hydrogen-bond donors (Lipinski definition) is 1. The van der Waals surface area contributed by atoms with Gasteiger partial charge in [0.05, 0.1) is 5.69 Å². The number of carbonyl (C=O) groups is 1. The molecule has 0 aliphatic carbocycles. The summed E-state index contributed by atoms with van der Waals surface area (Å²) >= 11 is 0. The van der Waals surface area contributed by atoms with Crippen molar-refractivity contribution in [3.63, 3.8) is 0 Å². The summed E-state index contributed by atoms with van der Waals surface area (Å²) in [7, 11) is -0.768. The maximum Gasteiger partial charge on any atom is 0.321 e. The molecule has 0 aromatic heterocycles. The zero-order valence-electron chi connectivity index (χ0n) is 11.0. The second-order valence-corrected chi connectivity index (χ2v) is 6.49. The minimum atomic E-state index is -0.768. The fourth-order valence-corrected chi connectivity index (χ4v) is 3.42. The number of rotatable bonds is 1. The lowest BCUT2D eigenvalue weighted by atomic mass is 10.1. The number of urea groups is 1. The molecule has 4 nitrogen and oxygen atoms in total. The van der Waals surface area contributed by atoms with Gasteiger partial charge in [0.15, 0.2) is 0 Å². The Kier molecular flexibility index (Phi) is 3.69. The first kappa shape index (κ1) is 13.1. The van der Waals surface area contributed by atoms with Crippen molar-refractivity contribution >= 4 is 33.3 Å². The molecule has 2 aromatic carbocycles. The quantitative estimate of drug-likeness (QED) is 0.876. The van der Waals surface area contributed by atoms with Crippen molar-refractivity contribution in [2.75, 3.05) is 29.9 Å². The average Bonchev–Trinajstić information content (AvgIpc) is 2.48. The smallest absolute Gasteiger partial charge is 0.321 e. The lowest BCUT2D eigenvalue weighted by molar-refractivity contribution is 0.216. The number of fused-ring (bicyclic) bond motifs is 1. The van der Waals surface area contributed by atoms with E-state index in [9.17, 15) is 9.00 Å². The largest absolute Gasteiger partial charge is 0.323 e. The van der Waals surface area contributed by atoms with Crippen molar-refractivity contribution < 1.29 is 9.00 Å². The van der Waals surface area contributed by atoms with Gasteiger partial charge in [-0.2, -0.15) is 0 Å². The Morgan fingerprint density at radius 2 is 1.75 bits per heavy atom. The van der Waals surface area contributed by atoms with Gasteiger partial charge < -0.3 is 10.2 Å². The first-order valence-corrected chi connectivity index (χ1v) is 8.11. The lowest BCUT2D eigenvalue weighted by Crippen LogP contribution is -2.43. The van der Waals surface area contributed by atoms with Crippen molar-refractivity contribution in [2.24, 2.45) is 0 Å². The molecule has 1 heterocycles. The van der Waals surface area contributed by atoms with E-state index in [1.165, 1.54) is 0 Å². The summed E-state index contributed by atoms with van der Waals surface area (Å²) in [5, 5.41) is 5.09. The predicted octanol–water partition coefficient (Wildman–Crippen LogP) is 2.44. The van der Waals surface area contributed by atoms with Gasteiger partial charge in [-0.3, -0.25) is 4.21 Å². The van der Waals surface area contributed by atoms with Gasteiger partial charge in [-0.05, 0) is 11.5 Å². The summed E-state index contributed by atoms with van der Waals surface area (Å²) in [4.78, 5) is 14.0. The van der Waals surface area contributed by atoms with Crippen LogP contribution in [0.2, 0.25) is 0 Å². The minimum Gasteiger partial charge on any atom is -0.323 e. The number of nitrogens with zero attached hydrogens (tertiary/aromatic N) is 1. The van der Waals surface area contributed by atoms with Gasteiger partial charge in [0.25, 0.3) is 0 Å². The molecule has 0 spiro atoms. The molecule has 0 atom stereocenters. The Hall–Kier alpha value is -1.88. The van der Waals surface area contributed by atoms with Crippen LogP contribution in [0.4, 0.5) is 10.5 Å². The van der Waals surface area contributed by atoms with Crippen LogP contribution in [0.3, 0.4) is 0 Å². The predicted molar refractivity (Wildman–Crippen MR) is 82.4 cm³/mol. The molecular weight excluding hydrogens is 272 g/mol. The summed E-state index contributed by atoms with van der Waals surface area (Å²) in [5.74, 6) is 1.14. The summed E-state index contributed by atoms with van der Waals surface area (Å²) in [6.07, 6.45) is 0. The van der Waals surface area contributed by atoms with E-state index in [-0.39, 0.29) is 6.03 Å². The molecule has 0 radical (unpaired) electrons. The maximum atomic E-state index is 12.2. The molecule has 5 heteroatoms. The summed E-state index contributed by atoms with van der Waals surface area (Å²) < 4.78 is 11.3. The van der Waals surface area contributed by atoms with E-state index < -0.39 is 10.8 Å². The Morgan fingerprint density at radius 3 is 2.55 bits per heavy atom. The molecule has 2 aromatic rings. The van der Waals surface area contributed by atoms with E-state index in [1.54, 1.807) is 4.90 Å². The van der Waals surface area contributed by atoms with Gasteiger partial charge in [0.2, 0.25) is 0 Å². The Bertz CT molecular complexity index is 656. The number of nitrogens with one attached hydrogen (secondary N) is 1. The van der Waals surface area contributed by atoms with Crippen LogP contribution in [0.15, 0.2) is 42.5 Å². The SMILES string of the molecule is O=C(Nc1cccc2ccccc12)N1CCS(=O)CC1. The third-order valence-electron chi connectivity index (χ3n) is 3.50. The highest BCUT2D eigenvalue weighted by Gasteiger charge is 2.20. The number of hydrogen-bond acceptors (Lipinski definition) is 2. The highest BCUT2D eigenvalue weighted by atomic mass is 32.2. The normalized spacial score (nSPS) is 16.3. The topological polar surface area (TPSA) is 49.4 Å². The number of amides is 2. The zero-order valence-corrected chi connectivity index (χ0v) is 11.9. The third-order valence-corrected chi connectivity index (χ3v) is 4.77. The van der Waals surface area contributed by atoms with E-state index in [1.807, 2.05) is 42.5 Å². The number of benzene rings is 2. The lowest BCUT2D eigenvalue weighted by Gasteiger charge is -2.26. The molecule has 0 unspecified atom stereocenters. The van der Waals surface area contributed by atoms with Crippen LogP contribution in [0.1, 0.15) is 0 Å². The van der Waals surface area contributed by atoms with Crippen molar-refractivity contribution in [1.82, 2.24) is 4.90 Å². The molecule has 3 rings (SSSR count). The van der Waals surface area contributed by atoms with Crippen LogP contribution in [0.5, 0.6) is 0 Å². The standard InChI is InChI=1S/C15H16N2O2S/c18-15(17-8-10-20(19)11-9-17)16-14-7-3-5-12-4-1-2-6-13(12)14/h1-7H,8-11H2,(H,16,18). The van der Waals surface area contributed by atoms with Crippen molar-refractivity contribution in [3.05, 3.63) is 42.5 Å². The van der Waals surface area contributed by atoms with Crippen LogP contribution in [0, 0.1) is 0 Å². The van der Waals surface area contributed by atoms with Crippen LogP contribution in [0.25, 0.3) is 10.8 Å². The van der Waals surface area contributed by atoms with E-state index in [4.69, 9.17) is 0 Å². The van der Waals surface area contributed by atoms with E-state index in [2.05, 4.69) is 5.32 Å². The summed E-state index contributed by atoms with van der Waals surface area (Å²) in [5.41, 5.74) is 0.819. The van der Waals surface area contributed by atoms with Crippen molar-refractivity contribution in [3.8, 4) is 0 Å². The van der Waals surface area contributed by atoms with Crippen LogP contribution < -0.4 is 5.32 Å². The number of carbonyl (C=O) groups excluding carboxylic acids is 1. The molecule has 0 bridgehead atoms. The first-order chi connectivity index (χ1) is 9.74. The average molecular weight is 288 g/mol. The van der Waals surface area contributed by atoms with Crippen LogP contribution >= 0.6 is 0 Å². The van der Waals surface area contributed by atoms with Gasteiger partial charge >= 0.3 is 6.03 Å². The molecule has 20 heavy (non-hydrogen) atoms. The van der Waals surface area contributed by atoms with Crippen LogP contribution in [-0.4, -0.2) is 39.7 Å². The molecule has 1 aliphatic rings. The molecule has 2 amide bonds. The molecule has 104 valence electrons. The molecule has 1 fully saturated rings. The molecule has 1 aliphatic heterocycles. The minimum absolute atomic E-state index is 0.113. The Labute approximate surface area is 120 Å². The van der Waals surface area contributed by atoms with E-state index in [0.717, 1.165) is 16.5 Å². The summed E-state index contributed by atoms with van der Waals surface area (Å²) in [6.45, 7) is 1.12. The third kappa shape index (κ3) is 2.67. The fourth-order valence-electron chi connectivity index (χ4n) is 2.37. The second kappa shape index (κ2) is 5.63. The molecule has 0 saturated carbocycles. The van der Waals surface area contributed by atoms with Crippen LogP contribution in [-0.2, 0) is 10.8 Å². The highest BCUT2D eigenvalue weighted by Crippen LogP contribution is 2.23. The monoisotopic (exact) mass is 288 g/mol. The zero-order chi connectivity index (χ0) is 13.9. The Morgan fingerprint density at radius 1 is 1.05 bits per heavy atom. The first-order valence-electron chi connectivity index (χ1n) is 6.63. The van der Waals surface area contributed by atoms with Gasteiger partial charge in [-0.25, -0.2) is 4.79 Å².